The SMILES string of the molecule is CC[C@H](CCCNC(N)=NC)C(=O)N[C@@H](Cc1c(C)cc(O)cc1C)C(=O)C[C@@H](CCCCNC)C(=O)N[C@@H](Cc1ccccc1)C(N)=O. The average molecular weight is 680 g/mol. The number of hydrogen-bond donors (Lipinski definition) is 7. The number of aromatic hydroxyl groups is 1. The first-order valence-electron chi connectivity index (χ1n) is 17.3. The molecular weight excluding hydrogens is 622 g/mol. The normalized spacial score (nSPS) is 13.9. The Morgan fingerprint density at radius 2 is 1.45 bits per heavy atom. The van der Waals surface area contributed by atoms with E-state index in [1.54, 1.807) is 19.2 Å². The molecule has 270 valence electrons. The lowest BCUT2D eigenvalue weighted by atomic mass is 9.88. The summed E-state index contributed by atoms with van der Waals surface area (Å²) in [5.74, 6) is -2.22. The van der Waals surface area contributed by atoms with Gasteiger partial charge in [-0.15, -0.1) is 0 Å². The van der Waals surface area contributed by atoms with Crippen LogP contribution in [0.5, 0.6) is 5.75 Å². The lowest BCUT2D eigenvalue weighted by molar-refractivity contribution is -0.134. The Labute approximate surface area is 291 Å². The zero-order chi connectivity index (χ0) is 36.3. The van der Waals surface area contributed by atoms with Gasteiger partial charge in [0, 0.05) is 44.7 Å². The van der Waals surface area contributed by atoms with Crippen molar-refractivity contribution >= 4 is 29.5 Å². The standard InChI is InChI=1S/C37H57N7O5/c1-6-27(16-12-18-42-37(39)41-5)35(48)43-31(23-30-24(2)19-29(45)20-25(30)3)33(46)22-28(15-10-11-17-40-4)36(49)44-32(34(38)47)21-26-13-8-7-9-14-26/h7-9,13-14,19-20,27-28,31-32,40,45H,6,10-12,15-18,21-23H2,1-5H3,(H2,38,47)(H,43,48)(H,44,49)(H3,39,41,42)/t27-,28-,31+,32+/m1/s1. The molecule has 3 amide bonds. The third-order valence-electron chi connectivity index (χ3n) is 8.92. The van der Waals surface area contributed by atoms with Gasteiger partial charge in [-0.25, -0.2) is 0 Å². The molecule has 0 fully saturated rings. The van der Waals surface area contributed by atoms with Gasteiger partial charge in [0.2, 0.25) is 17.7 Å². The van der Waals surface area contributed by atoms with E-state index in [-0.39, 0.29) is 42.6 Å². The molecule has 2 aromatic carbocycles. The molecule has 2 aromatic rings. The van der Waals surface area contributed by atoms with Crippen LogP contribution in [0.15, 0.2) is 47.5 Å². The number of amides is 3. The maximum atomic E-state index is 14.2. The van der Waals surface area contributed by atoms with Gasteiger partial charge in [-0.2, -0.15) is 0 Å². The number of phenolic OH excluding ortho intramolecular Hbond substituents is 1. The number of guanidine groups is 1. The summed E-state index contributed by atoms with van der Waals surface area (Å²) >= 11 is 0. The minimum Gasteiger partial charge on any atom is -0.508 e. The number of nitrogens with zero attached hydrogens (tertiary/aromatic N) is 1. The summed E-state index contributed by atoms with van der Waals surface area (Å²) in [5, 5.41) is 22.1. The van der Waals surface area contributed by atoms with Gasteiger partial charge in [-0.3, -0.25) is 24.2 Å². The number of unbranched alkanes of at least 4 members (excludes halogenated alkanes) is 1. The Balaban J connectivity index is 2.33. The summed E-state index contributed by atoms with van der Waals surface area (Å²) in [6, 6.07) is 10.7. The third kappa shape index (κ3) is 14.3. The number of hydrogen-bond acceptors (Lipinski definition) is 7. The molecular formula is C37H57N7O5. The van der Waals surface area contributed by atoms with Crippen LogP contribution in [-0.2, 0) is 32.0 Å². The minimum absolute atomic E-state index is 0.122. The average Bonchev–Trinajstić information content (AvgIpc) is 3.06. The molecule has 0 aliphatic heterocycles. The number of nitrogens with one attached hydrogen (secondary N) is 4. The van der Waals surface area contributed by atoms with Crippen molar-refractivity contribution < 1.29 is 24.3 Å². The third-order valence-corrected chi connectivity index (χ3v) is 8.92. The van der Waals surface area contributed by atoms with Crippen LogP contribution in [-0.4, -0.2) is 73.8 Å². The molecule has 12 heteroatoms. The van der Waals surface area contributed by atoms with Gasteiger partial charge in [0.1, 0.15) is 11.8 Å². The number of rotatable bonds is 22. The Bertz CT molecular complexity index is 1380. The molecule has 0 unspecified atom stereocenters. The summed E-state index contributed by atoms with van der Waals surface area (Å²) in [7, 11) is 3.45. The van der Waals surface area contributed by atoms with Gasteiger partial charge >= 0.3 is 0 Å². The maximum Gasteiger partial charge on any atom is 0.240 e. The molecule has 0 bridgehead atoms. The fourth-order valence-electron chi connectivity index (χ4n) is 5.96. The molecule has 49 heavy (non-hydrogen) atoms. The lowest BCUT2D eigenvalue weighted by Crippen LogP contribution is -2.49. The summed E-state index contributed by atoms with van der Waals surface area (Å²) in [5.41, 5.74) is 14.7. The predicted molar refractivity (Wildman–Crippen MR) is 194 cm³/mol. The minimum atomic E-state index is -0.943. The van der Waals surface area contributed by atoms with Crippen LogP contribution in [0.4, 0.5) is 0 Å². The first-order chi connectivity index (χ1) is 23.4. The number of carbonyl (C=O) groups is 4. The maximum absolute atomic E-state index is 14.2. The molecule has 0 heterocycles. The largest absolute Gasteiger partial charge is 0.508 e. The van der Waals surface area contributed by atoms with E-state index >= 15 is 0 Å². The van der Waals surface area contributed by atoms with Gasteiger partial charge in [-0.05, 0) is 93.9 Å². The molecule has 0 aliphatic carbocycles. The van der Waals surface area contributed by atoms with E-state index in [4.69, 9.17) is 11.5 Å². The fraction of sp³-hybridized carbons (Fsp3) is 0.541. The molecule has 0 aromatic heterocycles. The molecule has 4 atom stereocenters. The molecule has 0 radical (unpaired) electrons. The number of nitrogens with two attached hydrogens (primary N) is 2. The van der Waals surface area contributed by atoms with Crippen molar-refractivity contribution in [2.24, 2.45) is 28.3 Å². The van der Waals surface area contributed by atoms with Crippen molar-refractivity contribution in [3.05, 3.63) is 64.7 Å². The number of Topliss-reactive ketones (excluding diaryl/α,β-unsaturated/α-hetero) is 1. The van der Waals surface area contributed by atoms with E-state index < -0.39 is 29.8 Å². The number of aryl methyl sites for hydroxylation is 2. The molecule has 9 N–H and O–H groups in total. The zero-order valence-corrected chi connectivity index (χ0v) is 29.8. The highest BCUT2D eigenvalue weighted by Crippen LogP contribution is 2.24. The van der Waals surface area contributed by atoms with Crippen molar-refractivity contribution in [3.63, 3.8) is 0 Å². The van der Waals surface area contributed by atoms with Crippen molar-refractivity contribution in [1.82, 2.24) is 21.3 Å². The van der Waals surface area contributed by atoms with Crippen LogP contribution in [0.2, 0.25) is 0 Å². The topological polar surface area (TPSA) is 201 Å². The number of aliphatic imine (C=N–C) groups is 1. The van der Waals surface area contributed by atoms with Crippen molar-refractivity contribution in [3.8, 4) is 5.75 Å². The Hall–Kier alpha value is -4.45. The second kappa shape index (κ2) is 21.5. The monoisotopic (exact) mass is 679 g/mol. The van der Waals surface area contributed by atoms with Gasteiger partial charge in [0.05, 0.1) is 6.04 Å². The Morgan fingerprint density at radius 1 is 0.837 bits per heavy atom. The quantitative estimate of drug-likeness (QED) is 0.0559. The fourth-order valence-corrected chi connectivity index (χ4v) is 5.96. The second-order valence-electron chi connectivity index (χ2n) is 12.7. The first kappa shape index (κ1) is 40.7. The van der Waals surface area contributed by atoms with Crippen molar-refractivity contribution in [2.75, 3.05) is 27.2 Å². The highest BCUT2D eigenvalue weighted by molar-refractivity contribution is 5.94. The van der Waals surface area contributed by atoms with Gasteiger partial charge in [-0.1, -0.05) is 43.7 Å². The number of primary amides is 1. The van der Waals surface area contributed by atoms with Crippen molar-refractivity contribution in [1.29, 1.82) is 0 Å². The predicted octanol–water partition coefficient (Wildman–Crippen LogP) is 2.55. The highest BCUT2D eigenvalue weighted by Gasteiger charge is 2.31. The van der Waals surface area contributed by atoms with Crippen LogP contribution in [0.3, 0.4) is 0 Å². The Morgan fingerprint density at radius 3 is 2.04 bits per heavy atom. The van der Waals surface area contributed by atoms with Crippen molar-refractivity contribution in [2.45, 2.75) is 90.6 Å². The summed E-state index contributed by atoms with van der Waals surface area (Å²) < 4.78 is 0. The van der Waals surface area contributed by atoms with Gasteiger partial charge in [0.15, 0.2) is 11.7 Å². The van der Waals surface area contributed by atoms with E-state index in [1.807, 2.05) is 58.2 Å². The summed E-state index contributed by atoms with van der Waals surface area (Å²) in [6.07, 6.45) is 4.04. The molecule has 0 aliphatic rings. The van der Waals surface area contributed by atoms with E-state index in [1.165, 1.54) is 0 Å². The van der Waals surface area contributed by atoms with Crippen LogP contribution >= 0.6 is 0 Å². The van der Waals surface area contributed by atoms with E-state index in [0.717, 1.165) is 35.2 Å². The van der Waals surface area contributed by atoms with E-state index in [9.17, 15) is 24.3 Å². The number of phenols is 1. The molecule has 0 saturated carbocycles. The molecule has 0 saturated heterocycles. The summed E-state index contributed by atoms with van der Waals surface area (Å²) in [4.78, 5) is 57.8. The van der Waals surface area contributed by atoms with Crippen LogP contribution in [0, 0.1) is 25.7 Å². The van der Waals surface area contributed by atoms with E-state index in [0.29, 0.717) is 44.6 Å². The van der Waals surface area contributed by atoms with Crippen LogP contribution < -0.4 is 32.7 Å². The van der Waals surface area contributed by atoms with Gasteiger partial charge in [0.25, 0.3) is 0 Å². The summed E-state index contributed by atoms with van der Waals surface area (Å²) in [6.45, 7) is 6.95. The lowest BCUT2D eigenvalue weighted by Gasteiger charge is -2.26. The zero-order valence-electron chi connectivity index (χ0n) is 29.8. The molecule has 2 rings (SSSR count). The number of carbonyl (C=O) groups excluding carboxylic acids is 4. The van der Waals surface area contributed by atoms with Gasteiger partial charge < -0.3 is 37.8 Å². The smallest absolute Gasteiger partial charge is 0.240 e. The van der Waals surface area contributed by atoms with E-state index in [2.05, 4.69) is 26.3 Å². The van der Waals surface area contributed by atoms with Crippen LogP contribution in [0.1, 0.15) is 74.1 Å². The Kier molecular flexibility index (Phi) is 17.9. The number of benzene rings is 2. The second-order valence-corrected chi connectivity index (χ2v) is 12.7. The highest BCUT2D eigenvalue weighted by atomic mass is 16.3. The molecule has 12 nitrogen and oxygen atoms in total. The van der Waals surface area contributed by atoms with Crippen LogP contribution in [0.25, 0.3) is 0 Å². The first-order valence-corrected chi connectivity index (χ1v) is 17.3. The number of ketones is 1. The molecule has 0 spiro atoms.